The van der Waals surface area contributed by atoms with Gasteiger partial charge in [-0.1, -0.05) is 0 Å². The number of nitrogens with zero attached hydrogens (tertiary/aromatic N) is 2. The van der Waals surface area contributed by atoms with Gasteiger partial charge < -0.3 is 20.5 Å². The normalized spacial score (nSPS) is 11.9. The Morgan fingerprint density at radius 2 is 2.08 bits per heavy atom. The molecule has 0 saturated heterocycles. The molecule has 2 rings (SSSR count). The second kappa shape index (κ2) is 11.4. The van der Waals surface area contributed by atoms with E-state index in [2.05, 4.69) is 53.3 Å². The SMILES string of the molecule is CCNC(=NCCN(C)C(C)C)NCCc1c[nH]c2ccc(F)cc12.I. The Hall–Kier alpha value is -1.35. The predicted molar refractivity (Wildman–Crippen MR) is 119 cm³/mol. The minimum absolute atomic E-state index is 0. The van der Waals surface area contributed by atoms with Gasteiger partial charge in [0.2, 0.25) is 0 Å². The fourth-order valence-corrected chi connectivity index (χ4v) is 2.59. The number of aromatic nitrogens is 1. The number of nitrogens with one attached hydrogen (secondary N) is 3. The third-order valence-electron chi connectivity index (χ3n) is 4.36. The van der Waals surface area contributed by atoms with Crippen LogP contribution in [0.2, 0.25) is 0 Å². The van der Waals surface area contributed by atoms with Crippen LogP contribution in [0, 0.1) is 5.82 Å². The molecule has 0 aliphatic heterocycles. The molecular weight excluding hydrogens is 444 g/mol. The predicted octanol–water partition coefficient (Wildman–Crippen LogP) is 3.36. The van der Waals surface area contributed by atoms with Gasteiger partial charge in [-0.3, -0.25) is 4.99 Å². The van der Waals surface area contributed by atoms with Crippen LogP contribution in [0.25, 0.3) is 10.9 Å². The Kier molecular flexibility index (Phi) is 9.93. The largest absolute Gasteiger partial charge is 0.361 e. The summed E-state index contributed by atoms with van der Waals surface area (Å²) in [4.78, 5) is 10.1. The number of halogens is 2. The van der Waals surface area contributed by atoms with Gasteiger partial charge in [0, 0.05) is 42.8 Å². The molecule has 0 unspecified atom stereocenters. The maximum atomic E-state index is 13.4. The number of benzene rings is 1. The average molecular weight is 475 g/mol. The number of hydrogen-bond acceptors (Lipinski definition) is 2. The molecule has 0 aliphatic carbocycles. The first-order chi connectivity index (χ1) is 12.0. The Morgan fingerprint density at radius 1 is 1.31 bits per heavy atom. The molecule has 1 aromatic heterocycles. The molecule has 0 bridgehead atoms. The van der Waals surface area contributed by atoms with E-state index in [1.54, 1.807) is 12.1 Å². The first-order valence-corrected chi connectivity index (χ1v) is 8.99. The highest BCUT2D eigenvalue weighted by molar-refractivity contribution is 14.0. The van der Waals surface area contributed by atoms with E-state index in [4.69, 9.17) is 0 Å². The van der Waals surface area contributed by atoms with Gasteiger partial charge in [0.05, 0.1) is 6.54 Å². The molecule has 0 amide bonds. The van der Waals surface area contributed by atoms with Crippen molar-refractivity contribution in [3.63, 3.8) is 0 Å². The van der Waals surface area contributed by atoms with Crippen LogP contribution in [0.5, 0.6) is 0 Å². The van der Waals surface area contributed by atoms with Crippen LogP contribution in [-0.4, -0.2) is 55.1 Å². The van der Waals surface area contributed by atoms with Crippen LogP contribution in [0.4, 0.5) is 4.39 Å². The topological polar surface area (TPSA) is 55.5 Å². The van der Waals surface area contributed by atoms with E-state index < -0.39 is 0 Å². The highest BCUT2D eigenvalue weighted by Crippen LogP contribution is 2.19. The summed E-state index contributed by atoms with van der Waals surface area (Å²) in [6, 6.07) is 5.36. The fraction of sp³-hybridized carbons (Fsp3) is 0.526. The third kappa shape index (κ3) is 6.75. The number of H-pyrrole nitrogens is 1. The summed E-state index contributed by atoms with van der Waals surface area (Å²) in [5.41, 5.74) is 2.08. The van der Waals surface area contributed by atoms with Crippen LogP contribution >= 0.6 is 24.0 Å². The summed E-state index contributed by atoms with van der Waals surface area (Å²) in [5.74, 6) is 0.621. The van der Waals surface area contributed by atoms with Crippen molar-refractivity contribution >= 4 is 40.8 Å². The molecule has 0 radical (unpaired) electrons. The number of rotatable bonds is 8. The zero-order valence-electron chi connectivity index (χ0n) is 16.1. The van der Waals surface area contributed by atoms with Crippen LogP contribution < -0.4 is 10.6 Å². The Bertz CT molecular complexity index is 698. The van der Waals surface area contributed by atoms with Crippen molar-refractivity contribution in [1.29, 1.82) is 0 Å². The minimum Gasteiger partial charge on any atom is -0.361 e. The number of aromatic amines is 1. The van der Waals surface area contributed by atoms with Crippen LogP contribution in [-0.2, 0) is 6.42 Å². The van der Waals surface area contributed by atoms with E-state index in [0.29, 0.717) is 6.04 Å². The van der Waals surface area contributed by atoms with E-state index in [1.807, 2.05) is 6.20 Å². The highest BCUT2D eigenvalue weighted by atomic mass is 127. The maximum Gasteiger partial charge on any atom is 0.191 e. The van der Waals surface area contributed by atoms with Gasteiger partial charge in [0.15, 0.2) is 5.96 Å². The van der Waals surface area contributed by atoms with Gasteiger partial charge >= 0.3 is 0 Å². The van der Waals surface area contributed by atoms with Gasteiger partial charge in [-0.25, -0.2) is 4.39 Å². The van der Waals surface area contributed by atoms with E-state index in [-0.39, 0.29) is 29.8 Å². The summed E-state index contributed by atoms with van der Waals surface area (Å²) in [6.45, 7) is 9.66. The molecule has 0 aliphatic rings. The van der Waals surface area contributed by atoms with Gasteiger partial charge in [0.25, 0.3) is 0 Å². The van der Waals surface area contributed by atoms with Crippen molar-refractivity contribution in [3.05, 3.63) is 35.8 Å². The van der Waals surface area contributed by atoms with Crippen LogP contribution in [0.3, 0.4) is 0 Å². The average Bonchev–Trinajstić information content (AvgIpc) is 2.97. The molecule has 7 heteroatoms. The summed E-state index contributed by atoms with van der Waals surface area (Å²) in [5, 5.41) is 7.57. The molecule has 146 valence electrons. The Labute approximate surface area is 172 Å². The second-order valence-electron chi connectivity index (χ2n) is 6.52. The minimum atomic E-state index is -0.203. The highest BCUT2D eigenvalue weighted by Gasteiger charge is 2.06. The summed E-state index contributed by atoms with van der Waals surface area (Å²) in [6.07, 6.45) is 2.76. The van der Waals surface area contributed by atoms with Gasteiger partial charge in [-0.15, -0.1) is 24.0 Å². The fourth-order valence-electron chi connectivity index (χ4n) is 2.59. The van der Waals surface area contributed by atoms with Crippen LogP contribution in [0.15, 0.2) is 29.4 Å². The quantitative estimate of drug-likeness (QED) is 0.312. The van der Waals surface area contributed by atoms with Gasteiger partial charge in [0.1, 0.15) is 5.82 Å². The number of hydrogen-bond donors (Lipinski definition) is 3. The summed E-state index contributed by atoms with van der Waals surface area (Å²) >= 11 is 0. The van der Waals surface area contributed by atoms with Crippen molar-refractivity contribution in [1.82, 2.24) is 20.5 Å². The van der Waals surface area contributed by atoms with E-state index in [0.717, 1.165) is 55.0 Å². The van der Waals surface area contributed by atoms with Crippen LogP contribution in [0.1, 0.15) is 26.3 Å². The second-order valence-corrected chi connectivity index (χ2v) is 6.52. The van der Waals surface area contributed by atoms with Crippen molar-refractivity contribution < 1.29 is 4.39 Å². The first-order valence-electron chi connectivity index (χ1n) is 8.99. The molecule has 26 heavy (non-hydrogen) atoms. The van der Waals surface area contributed by atoms with Crippen molar-refractivity contribution in [3.8, 4) is 0 Å². The Balaban J connectivity index is 0.00000338. The van der Waals surface area contributed by atoms with Gasteiger partial charge in [-0.05, 0) is 58.0 Å². The molecule has 3 N–H and O–H groups in total. The smallest absolute Gasteiger partial charge is 0.191 e. The first kappa shape index (κ1) is 22.7. The Morgan fingerprint density at radius 3 is 2.77 bits per heavy atom. The van der Waals surface area contributed by atoms with Gasteiger partial charge in [-0.2, -0.15) is 0 Å². The van der Waals surface area contributed by atoms with E-state index in [1.165, 1.54) is 6.07 Å². The van der Waals surface area contributed by atoms with E-state index in [9.17, 15) is 4.39 Å². The molecule has 0 spiro atoms. The summed E-state index contributed by atoms with van der Waals surface area (Å²) < 4.78 is 13.4. The lowest BCUT2D eigenvalue weighted by Crippen LogP contribution is -2.39. The third-order valence-corrected chi connectivity index (χ3v) is 4.36. The standard InChI is InChI=1S/C19H30FN5.HI/c1-5-21-19(23-10-11-25(4)14(2)3)22-9-8-15-13-24-18-7-6-16(20)12-17(15)18;/h6-7,12-14,24H,5,8-11H2,1-4H3,(H2,21,22,23);1H. The maximum absolute atomic E-state index is 13.4. The number of aliphatic imine (C=N–C) groups is 1. The molecular formula is C19H31FIN5. The lowest BCUT2D eigenvalue weighted by atomic mass is 10.1. The molecule has 5 nitrogen and oxygen atoms in total. The number of likely N-dealkylation sites (N-methyl/N-ethyl adjacent to an activating group) is 1. The molecule has 0 atom stereocenters. The molecule has 0 saturated carbocycles. The van der Waals surface area contributed by atoms with Crippen molar-refractivity contribution in [2.24, 2.45) is 4.99 Å². The van der Waals surface area contributed by atoms with E-state index >= 15 is 0 Å². The zero-order valence-corrected chi connectivity index (χ0v) is 18.4. The molecule has 1 heterocycles. The molecule has 2 aromatic rings. The lowest BCUT2D eigenvalue weighted by Gasteiger charge is -2.20. The number of fused-ring (bicyclic) bond motifs is 1. The van der Waals surface area contributed by atoms with Crippen molar-refractivity contribution in [2.75, 3.05) is 33.2 Å². The van der Waals surface area contributed by atoms with Crippen molar-refractivity contribution in [2.45, 2.75) is 33.2 Å². The zero-order chi connectivity index (χ0) is 18.2. The number of guanidine groups is 1. The molecule has 0 fully saturated rings. The summed E-state index contributed by atoms with van der Waals surface area (Å²) in [7, 11) is 2.11. The monoisotopic (exact) mass is 475 g/mol. The molecule has 1 aromatic carbocycles. The lowest BCUT2D eigenvalue weighted by molar-refractivity contribution is 0.282.